The molecule has 2 N–H and O–H groups in total. The van der Waals surface area contributed by atoms with E-state index < -0.39 is 0 Å². The average molecular weight is 261 g/mol. The maximum Gasteiger partial charge on any atom is 0.350 e. The van der Waals surface area contributed by atoms with Gasteiger partial charge in [0.15, 0.2) is 0 Å². The highest BCUT2D eigenvalue weighted by molar-refractivity contribution is 5.92. The standard InChI is InChI=1S/C12H15N5O2/c1-13-7-11(18)15-9-3-5-10(6-4-9)17-12(19)16(2)8-14-17/h3-6,8,13H,7H2,1-2H3,(H,15,18). The SMILES string of the molecule is CNCC(=O)Nc1ccc(-n2ncn(C)c2=O)cc1. The number of nitrogens with one attached hydrogen (secondary N) is 2. The molecule has 100 valence electrons. The molecule has 7 nitrogen and oxygen atoms in total. The lowest BCUT2D eigenvalue weighted by Gasteiger charge is -2.05. The van der Waals surface area contributed by atoms with Crippen LogP contribution in [-0.4, -0.2) is 33.8 Å². The minimum absolute atomic E-state index is 0.120. The maximum absolute atomic E-state index is 11.7. The number of likely N-dealkylation sites (N-methyl/N-ethyl adjacent to an activating group) is 1. The normalized spacial score (nSPS) is 10.4. The van der Waals surface area contributed by atoms with E-state index in [1.807, 2.05) is 0 Å². The number of hydrogen-bond donors (Lipinski definition) is 2. The number of carbonyl (C=O) groups excluding carboxylic acids is 1. The smallest absolute Gasteiger partial charge is 0.325 e. The number of nitrogens with zero attached hydrogens (tertiary/aromatic N) is 3. The lowest BCUT2D eigenvalue weighted by Crippen LogP contribution is -2.25. The Kier molecular flexibility index (Phi) is 3.76. The molecule has 0 aliphatic rings. The molecule has 1 aromatic heterocycles. The molecule has 0 spiro atoms. The van der Waals surface area contributed by atoms with Gasteiger partial charge in [0, 0.05) is 12.7 Å². The van der Waals surface area contributed by atoms with Crippen molar-refractivity contribution < 1.29 is 4.79 Å². The van der Waals surface area contributed by atoms with Crippen molar-refractivity contribution in [3.63, 3.8) is 0 Å². The average Bonchev–Trinajstić information content (AvgIpc) is 2.71. The fourth-order valence-corrected chi connectivity index (χ4v) is 1.61. The molecule has 0 atom stereocenters. The van der Waals surface area contributed by atoms with E-state index in [-0.39, 0.29) is 18.1 Å². The van der Waals surface area contributed by atoms with Crippen molar-refractivity contribution in [3.05, 3.63) is 41.1 Å². The van der Waals surface area contributed by atoms with E-state index in [9.17, 15) is 9.59 Å². The van der Waals surface area contributed by atoms with E-state index >= 15 is 0 Å². The second-order valence-corrected chi connectivity index (χ2v) is 4.06. The van der Waals surface area contributed by atoms with Crippen LogP contribution in [0.2, 0.25) is 0 Å². The molecule has 2 rings (SSSR count). The molecule has 0 aliphatic heterocycles. The van der Waals surface area contributed by atoms with Crippen molar-refractivity contribution >= 4 is 11.6 Å². The fourth-order valence-electron chi connectivity index (χ4n) is 1.61. The predicted octanol–water partition coefficient (Wildman–Crippen LogP) is -0.271. The van der Waals surface area contributed by atoms with Gasteiger partial charge in [-0.15, -0.1) is 0 Å². The van der Waals surface area contributed by atoms with E-state index in [0.717, 1.165) is 0 Å². The summed E-state index contributed by atoms with van der Waals surface area (Å²) in [6.07, 6.45) is 1.45. The molecule has 0 fully saturated rings. The first kappa shape index (κ1) is 13.0. The van der Waals surface area contributed by atoms with Gasteiger partial charge >= 0.3 is 5.69 Å². The van der Waals surface area contributed by atoms with Gasteiger partial charge in [0.05, 0.1) is 12.2 Å². The van der Waals surface area contributed by atoms with E-state index in [1.165, 1.54) is 15.6 Å². The molecule has 0 radical (unpaired) electrons. The van der Waals surface area contributed by atoms with E-state index in [0.29, 0.717) is 11.4 Å². The summed E-state index contributed by atoms with van der Waals surface area (Å²) in [6.45, 7) is 0.251. The summed E-state index contributed by atoms with van der Waals surface area (Å²) in [4.78, 5) is 23.1. The number of carbonyl (C=O) groups is 1. The fraction of sp³-hybridized carbons (Fsp3) is 0.250. The quantitative estimate of drug-likeness (QED) is 0.794. The molecule has 2 aromatic rings. The number of rotatable bonds is 4. The molecular formula is C12H15N5O2. The second kappa shape index (κ2) is 5.49. The molecular weight excluding hydrogens is 246 g/mol. The Bertz CT molecular complexity index is 626. The van der Waals surface area contributed by atoms with Crippen LogP contribution in [0.15, 0.2) is 35.4 Å². The van der Waals surface area contributed by atoms with E-state index in [2.05, 4.69) is 15.7 Å². The number of benzene rings is 1. The highest BCUT2D eigenvalue weighted by Crippen LogP contribution is 2.11. The maximum atomic E-state index is 11.7. The number of anilines is 1. The molecule has 7 heteroatoms. The lowest BCUT2D eigenvalue weighted by atomic mass is 10.3. The summed E-state index contributed by atoms with van der Waals surface area (Å²) in [7, 11) is 3.34. The Labute approximate surface area is 109 Å². The minimum atomic E-state index is -0.216. The topological polar surface area (TPSA) is 81.0 Å². The summed E-state index contributed by atoms with van der Waals surface area (Å²) < 4.78 is 2.68. The molecule has 0 unspecified atom stereocenters. The zero-order valence-electron chi connectivity index (χ0n) is 10.8. The molecule has 19 heavy (non-hydrogen) atoms. The van der Waals surface area contributed by atoms with Crippen molar-refractivity contribution in [3.8, 4) is 5.69 Å². The van der Waals surface area contributed by atoms with Gasteiger partial charge in [0.1, 0.15) is 6.33 Å². The Morgan fingerprint density at radius 1 is 1.32 bits per heavy atom. The molecule has 1 aromatic carbocycles. The summed E-state index contributed by atoms with van der Waals surface area (Å²) in [5.74, 6) is -0.120. The zero-order valence-corrected chi connectivity index (χ0v) is 10.8. The third-order valence-corrected chi connectivity index (χ3v) is 2.56. The van der Waals surface area contributed by atoms with Crippen molar-refractivity contribution in [2.24, 2.45) is 7.05 Å². The van der Waals surface area contributed by atoms with Gasteiger partial charge in [-0.05, 0) is 31.3 Å². The highest BCUT2D eigenvalue weighted by Gasteiger charge is 2.05. The number of aryl methyl sites for hydroxylation is 1. The van der Waals surface area contributed by atoms with E-state index in [4.69, 9.17) is 0 Å². The van der Waals surface area contributed by atoms with Crippen molar-refractivity contribution in [1.82, 2.24) is 19.7 Å². The van der Waals surface area contributed by atoms with Gasteiger partial charge in [0.2, 0.25) is 5.91 Å². The Hall–Kier alpha value is -2.41. The number of hydrogen-bond acceptors (Lipinski definition) is 4. The molecule has 0 aliphatic carbocycles. The Morgan fingerprint density at radius 3 is 2.53 bits per heavy atom. The monoisotopic (exact) mass is 261 g/mol. The zero-order chi connectivity index (χ0) is 13.8. The van der Waals surface area contributed by atoms with Gasteiger partial charge in [-0.25, -0.2) is 4.79 Å². The van der Waals surface area contributed by atoms with Gasteiger partial charge in [-0.2, -0.15) is 9.78 Å². The first-order valence-electron chi connectivity index (χ1n) is 5.77. The molecule has 0 saturated heterocycles. The van der Waals surface area contributed by atoms with Crippen LogP contribution >= 0.6 is 0 Å². The highest BCUT2D eigenvalue weighted by atomic mass is 16.2. The molecule has 1 heterocycles. The van der Waals surface area contributed by atoms with Crippen LogP contribution < -0.4 is 16.3 Å². The first-order valence-corrected chi connectivity index (χ1v) is 5.77. The van der Waals surface area contributed by atoms with Gasteiger partial charge in [0.25, 0.3) is 0 Å². The summed E-state index contributed by atoms with van der Waals surface area (Å²) in [5.41, 5.74) is 1.11. The minimum Gasteiger partial charge on any atom is -0.325 e. The Morgan fingerprint density at radius 2 is 2.00 bits per heavy atom. The summed E-state index contributed by atoms with van der Waals surface area (Å²) in [5, 5.41) is 9.47. The van der Waals surface area contributed by atoms with Crippen LogP contribution in [0.3, 0.4) is 0 Å². The van der Waals surface area contributed by atoms with Gasteiger partial charge < -0.3 is 10.6 Å². The van der Waals surface area contributed by atoms with Crippen LogP contribution in [0, 0.1) is 0 Å². The first-order chi connectivity index (χ1) is 9.11. The van der Waals surface area contributed by atoms with Crippen molar-refractivity contribution in [1.29, 1.82) is 0 Å². The van der Waals surface area contributed by atoms with Crippen LogP contribution in [-0.2, 0) is 11.8 Å². The number of aromatic nitrogens is 3. The van der Waals surface area contributed by atoms with Crippen LogP contribution in [0.5, 0.6) is 0 Å². The largest absolute Gasteiger partial charge is 0.350 e. The van der Waals surface area contributed by atoms with Gasteiger partial charge in [-0.1, -0.05) is 0 Å². The molecule has 0 bridgehead atoms. The number of amides is 1. The van der Waals surface area contributed by atoms with Gasteiger partial charge in [-0.3, -0.25) is 9.36 Å². The summed E-state index contributed by atoms with van der Waals surface area (Å²) in [6, 6.07) is 6.90. The molecule has 0 saturated carbocycles. The third-order valence-electron chi connectivity index (χ3n) is 2.56. The molecule has 1 amide bonds. The predicted molar refractivity (Wildman–Crippen MR) is 71.4 cm³/mol. The Balaban J connectivity index is 2.17. The van der Waals surface area contributed by atoms with Crippen LogP contribution in [0.1, 0.15) is 0 Å². The van der Waals surface area contributed by atoms with Crippen molar-refractivity contribution in [2.75, 3.05) is 18.9 Å². The van der Waals surface area contributed by atoms with Crippen LogP contribution in [0.4, 0.5) is 5.69 Å². The lowest BCUT2D eigenvalue weighted by molar-refractivity contribution is -0.115. The third kappa shape index (κ3) is 2.89. The van der Waals surface area contributed by atoms with E-state index in [1.54, 1.807) is 38.4 Å². The second-order valence-electron chi connectivity index (χ2n) is 4.06. The summed E-state index contributed by atoms with van der Waals surface area (Å²) >= 11 is 0. The van der Waals surface area contributed by atoms with Crippen molar-refractivity contribution in [2.45, 2.75) is 0 Å². The van der Waals surface area contributed by atoms with Crippen LogP contribution in [0.25, 0.3) is 5.69 Å².